The van der Waals surface area contributed by atoms with Crippen LogP contribution in [0.2, 0.25) is 0 Å². The molecular weight excluding hydrogens is 352 g/mol. The summed E-state index contributed by atoms with van der Waals surface area (Å²) in [5.41, 5.74) is 2.92. The maximum atomic E-state index is 12.1. The summed E-state index contributed by atoms with van der Waals surface area (Å²) in [6, 6.07) is 11.8. The van der Waals surface area contributed by atoms with Crippen molar-refractivity contribution in [1.82, 2.24) is 5.32 Å². The normalized spacial score (nSPS) is 12.5. The molecule has 0 fully saturated rings. The summed E-state index contributed by atoms with van der Waals surface area (Å²) in [4.78, 5) is 12.1. The van der Waals surface area contributed by atoms with E-state index < -0.39 is 10.0 Å². The number of aryl methyl sites for hydroxylation is 2. The molecule has 3 N–H and O–H groups in total. The summed E-state index contributed by atoms with van der Waals surface area (Å²) < 4.78 is 28.2. The van der Waals surface area contributed by atoms with Crippen molar-refractivity contribution in [3.8, 4) is 5.75 Å². The lowest BCUT2D eigenvalue weighted by atomic mass is 10.1. The van der Waals surface area contributed by atoms with Gasteiger partial charge in [0.05, 0.1) is 24.0 Å². The molecule has 0 spiro atoms. The van der Waals surface area contributed by atoms with E-state index in [4.69, 9.17) is 9.88 Å². The van der Waals surface area contributed by atoms with Crippen molar-refractivity contribution in [3.63, 3.8) is 0 Å². The molecule has 7 heteroatoms. The predicted molar refractivity (Wildman–Crippen MR) is 100 cm³/mol. The molecule has 0 saturated carbocycles. The molecule has 0 heterocycles. The maximum Gasteiger partial charge on any atom is 0.238 e. The van der Waals surface area contributed by atoms with E-state index in [2.05, 4.69) is 5.32 Å². The summed E-state index contributed by atoms with van der Waals surface area (Å²) in [5.74, 6) is 0.641. The molecular formula is C19H24N2O4S. The van der Waals surface area contributed by atoms with Crippen LogP contribution < -0.4 is 15.2 Å². The largest absolute Gasteiger partial charge is 0.493 e. The summed E-state index contributed by atoms with van der Waals surface area (Å²) in [5, 5.41) is 7.94. The van der Waals surface area contributed by atoms with Crippen LogP contribution in [0.3, 0.4) is 0 Å². The molecule has 2 rings (SSSR count). The number of rotatable bonds is 7. The van der Waals surface area contributed by atoms with E-state index in [0.29, 0.717) is 0 Å². The SMILES string of the molecule is Cc1ccc(C)c(OCCC(=O)NC(C)c2ccc(S(N)(=O)=O)cc2)c1. The van der Waals surface area contributed by atoms with Gasteiger partial charge < -0.3 is 10.1 Å². The van der Waals surface area contributed by atoms with Gasteiger partial charge in [-0.1, -0.05) is 24.3 Å². The molecule has 26 heavy (non-hydrogen) atoms. The molecule has 1 unspecified atom stereocenters. The fourth-order valence-corrected chi connectivity index (χ4v) is 2.98. The van der Waals surface area contributed by atoms with Crippen LogP contribution in [0, 0.1) is 13.8 Å². The van der Waals surface area contributed by atoms with Crippen molar-refractivity contribution in [2.45, 2.75) is 38.1 Å². The minimum atomic E-state index is -3.72. The first kappa shape index (κ1) is 19.9. The smallest absolute Gasteiger partial charge is 0.238 e. The molecule has 0 radical (unpaired) electrons. The average Bonchev–Trinajstić information content (AvgIpc) is 2.57. The fourth-order valence-electron chi connectivity index (χ4n) is 2.46. The second kappa shape index (κ2) is 8.33. The number of sulfonamides is 1. The Morgan fingerprint density at radius 1 is 1.15 bits per heavy atom. The summed E-state index contributed by atoms with van der Waals surface area (Å²) >= 11 is 0. The van der Waals surface area contributed by atoms with Gasteiger partial charge in [-0.3, -0.25) is 4.79 Å². The second-order valence-electron chi connectivity index (χ2n) is 6.27. The number of hydrogen-bond acceptors (Lipinski definition) is 4. The molecule has 1 atom stereocenters. The highest BCUT2D eigenvalue weighted by atomic mass is 32.2. The molecule has 0 aliphatic heterocycles. The Morgan fingerprint density at radius 2 is 1.81 bits per heavy atom. The topological polar surface area (TPSA) is 98.5 Å². The molecule has 0 saturated heterocycles. The van der Waals surface area contributed by atoms with Gasteiger partial charge in [0.25, 0.3) is 0 Å². The third kappa shape index (κ3) is 5.57. The Bertz CT molecular complexity index is 877. The Morgan fingerprint density at radius 3 is 2.42 bits per heavy atom. The van der Waals surface area contributed by atoms with Crippen molar-refractivity contribution >= 4 is 15.9 Å². The number of primary sulfonamides is 1. The molecule has 2 aromatic rings. The Kier molecular flexibility index (Phi) is 6.39. The van der Waals surface area contributed by atoms with E-state index in [1.54, 1.807) is 12.1 Å². The van der Waals surface area contributed by atoms with E-state index in [1.807, 2.05) is 39.0 Å². The first-order chi connectivity index (χ1) is 12.2. The summed E-state index contributed by atoms with van der Waals surface area (Å²) in [6.07, 6.45) is 0.229. The van der Waals surface area contributed by atoms with Gasteiger partial charge in [-0.05, 0) is 55.7 Å². The van der Waals surface area contributed by atoms with Crippen molar-refractivity contribution in [2.75, 3.05) is 6.61 Å². The zero-order chi connectivity index (χ0) is 19.3. The summed E-state index contributed by atoms with van der Waals surface area (Å²) in [6.45, 7) is 6.06. The molecule has 0 aliphatic rings. The maximum absolute atomic E-state index is 12.1. The van der Waals surface area contributed by atoms with Gasteiger partial charge in [0, 0.05) is 0 Å². The number of amides is 1. The highest BCUT2D eigenvalue weighted by molar-refractivity contribution is 7.89. The fraction of sp³-hybridized carbons (Fsp3) is 0.316. The van der Waals surface area contributed by atoms with Gasteiger partial charge in [-0.25, -0.2) is 13.6 Å². The van der Waals surface area contributed by atoms with Crippen molar-refractivity contribution in [1.29, 1.82) is 0 Å². The molecule has 1 amide bonds. The van der Waals surface area contributed by atoms with Crippen molar-refractivity contribution in [3.05, 3.63) is 59.2 Å². The lowest BCUT2D eigenvalue weighted by Crippen LogP contribution is -2.28. The van der Waals surface area contributed by atoms with Crippen LogP contribution in [0.25, 0.3) is 0 Å². The third-order valence-electron chi connectivity index (χ3n) is 4.02. The van der Waals surface area contributed by atoms with Crippen LogP contribution in [-0.4, -0.2) is 20.9 Å². The average molecular weight is 376 g/mol. The van der Waals surface area contributed by atoms with Gasteiger partial charge in [-0.15, -0.1) is 0 Å². The number of nitrogens with one attached hydrogen (secondary N) is 1. The third-order valence-corrected chi connectivity index (χ3v) is 4.95. The number of carbonyl (C=O) groups is 1. The Balaban J connectivity index is 1.86. The predicted octanol–water partition coefficient (Wildman–Crippen LogP) is 2.60. The van der Waals surface area contributed by atoms with Crippen molar-refractivity contribution < 1.29 is 17.9 Å². The Hall–Kier alpha value is -2.38. The molecule has 6 nitrogen and oxygen atoms in total. The number of benzene rings is 2. The number of nitrogens with two attached hydrogens (primary N) is 1. The first-order valence-electron chi connectivity index (χ1n) is 8.29. The highest BCUT2D eigenvalue weighted by Crippen LogP contribution is 2.19. The van der Waals surface area contributed by atoms with E-state index in [0.717, 1.165) is 22.4 Å². The van der Waals surface area contributed by atoms with E-state index >= 15 is 0 Å². The minimum Gasteiger partial charge on any atom is -0.493 e. The van der Waals surface area contributed by atoms with Crippen LogP contribution in [0.4, 0.5) is 0 Å². The van der Waals surface area contributed by atoms with E-state index in [1.165, 1.54) is 12.1 Å². The second-order valence-corrected chi connectivity index (χ2v) is 7.83. The van der Waals surface area contributed by atoms with Gasteiger partial charge >= 0.3 is 0 Å². The highest BCUT2D eigenvalue weighted by Gasteiger charge is 2.12. The first-order valence-corrected chi connectivity index (χ1v) is 9.83. The number of hydrogen-bond donors (Lipinski definition) is 2. The lowest BCUT2D eigenvalue weighted by Gasteiger charge is -2.15. The molecule has 0 aliphatic carbocycles. The van der Waals surface area contributed by atoms with E-state index in [-0.39, 0.29) is 29.9 Å². The van der Waals surface area contributed by atoms with Crippen LogP contribution in [-0.2, 0) is 14.8 Å². The lowest BCUT2D eigenvalue weighted by molar-refractivity contribution is -0.122. The summed E-state index contributed by atoms with van der Waals surface area (Å²) in [7, 11) is -3.72. The van der Waals surface area contributed by atoms with Crippen molar-refractivity contribution in [2.24, 2.45) is 5.14 Å². The van der Waals surface area contributed by atoms with Gasteiger partial charge in [0.1, 0.15) is 5.75 Å². The molecule has 140 valence electrons. The standard InChI is InChI=1S/C19H24N2O4S/c1-13-4-5-14(2)18(12-13)25-11-10-19(22)21-15(3)16-6-8-17(9-7-16)26(20,23)24/h4-9,12,15H,10-11H2,1-3H3,(H,21,22)(H2,20,23,24). The Labute approximate surface area is 154 Å². The monoisotopic (exact) mass is 376 g/mol. The van der Waals surface area contributed by atoms with Crippen LogP contribution >= 0.6 is 0 Å². The van der Waals surface area contributed by atoms with Gasteiger partial charge in [-0.2, -0.15) is 0 Å². The molecule has 0 aromatic heterocycles. The number of ether oxygens (including phenoxy) is 1. The zero-order valence-electron chi connectivity index (χ0n) is 15.2. The van der Waals surface area contributed by atoms with Crippen LogP contribution in [0.1, 0.15) is 36.1 Å². The van der Waals surface area contributed by atoms with Crippen LogP contribution in [0.5, 0.6) is 5.75 Å². The molecule has 2 aromatic carbocycles. The molecule has 0 bridgehead atoms. The van der Waals surface area contributed by atoms with Crippen LogP contribution in [0.15, 0.2) is 47.4 Å². The minimum absolute atomic E-state index is 0.0432. The zero-order valence-corrected chi connectivity index (χ0v) is 16.0. The van der Waals surface area contributed by atoms with Gasteiger partial charge in [0.15, 0.2) is 0 Å². The van der Waals surface area contributed by atoms with E-state index in [9.17, 15) is 13.2 Å². The number of carbonyl (C=O) groups excluding carboxylic acids is 1. The quantitative estimate of drug-likeness (QED) is 0.776. The van der Waals surface area contributed by atoms with Gasteiger partial charge in [0.2, 0.25) is 15.9 Å².